The second-order valence-corrected chi connectivity index (χ2v) is 5.72. The number of carbonyl (C=O) groups is 1. The van der Waals surface area contributed by atoms with Gasteiger partial charge in [0.1, 0.15) is 0 Å². The zero-order chi connectivity index (χ0) is 10.8. The Labute approximate surface area is 95.1 Å². The van der Waals surface area contributed by atoms with Crippen LogP contribution in [-0.2, 0) is 5.41 Å². The molecule has 2 unspecified atom stereocenters. The second-order valence-electron chi connectivity index (χ2n) is 5.72. The predicted molar refractivity (Wildman–Crippen MR) is 60.4 cm³/mol. The van der Waals surface area contributed by atoms with Gasteiger partial charge in [-0.2, -0.15) is 0 Å². The van der Waals surface area contributed by atoms with Crippen molar-refractivity contribution >= 4 is 5.78 Å². The SMILES string of the molecule is O=C1CC23CCCC2(CC3)c2ncccc21. The Morgan fingerprint density at radius 3 is 2.94 bits per heavy atom. The summed E-state index contributed by atoms with van der Waals surface area (Å²) in [5.74, 6) is 0.334. The molecule has 0 radical (unpaired) electrons. The third-order valence-corrected chi connectivity index (χ3v) is 5.36. The van der Waals surface area contributed by atoms with E-state index < -0.39 is 0 Å². The van der Waals surface area contributed by atoms with Gasteiger partial charge in [0.15, 0.2) is 5.78 Å². The third-order valence-electron chi connectivity index (χ3n) is 5.36. The summed E-state index contributed by atoms with van der Waals surface area (Å²) in [5.41, 5.74) is 2.65. The van der Waals surface area contributed by atoms with Gasteiger partial charge in [0, 0.05) is 23.6 Å². The Hall–Kier alpha value is -1.18. The molecule has 2 nitrogen and oxygen atoms in total. The largest absolute Gasteiger partial charge is 0.294 e. The summed E-state index contributed by atoms with van der Waals surface area (Å²) in [6, 6.07) is 3.87. The molecule has 0 aromatic carbocycles. The average Bonchev–Trinajstić information content (AvgIpc) is 2.56. The molecule has 3 aliphatic rings. The van der Waals surface area contributed by atoms with E-state index in [1.54, 1.807) is 0 Å². The number of aromatic nitrogens is 1. The molecule has 2 heteroatoms. The molecule has 16 heavy (non-hydrogen) atoms. The smallest absolute Gasteiger partial charge is 0.165 e. The molecule has 0 saturated heterocycles. The minimum Gasteiger partial charge on any atom is -0.294 e. The van der Waals surface area contributed by atoms with E-state index in [0.717, 1.165) is 17.7 Å². The standard InChI is InChI=1S/C14H15NO/c16-11-9-13-4-2-5-14(13,7-6-13)12-10(11)3-1-8-15-12/h1,3,8H,2,4-7,9H2. The van der Waals surface area contributed by atoms with E-state index in [0.29, 0.717) is 11.2 Å². The van der Waals surface area contributed by atoms with Crippen molar-refractivity contribution in [1.29, 1.82) is 0 Å². The van der Waals surface area contributed by atoms with Crippen LogP contribution < -0.4 is 0 Å². The van der Waals surface area contributed by atoms with E-state index >= 15 is 0 Å². The van der Waals surface area contributed by atoms with Crippen LogP contribution in [0.4, 0.5) is 0 Å². The maximum Gasteiger partial charge on any atom is 0.165 e. The summed E-state index contributed by atoms with van der Waals surface area (Å²) in [5, 5.41) is 0. The monoisotopic (exact) mass is 213 g/mol. The Bertz CT molecular complexity index is 495. The van der Waals surface area contributed by atoms with Gasteiger partial charge in [-0.25, -0.2) is 0 Å². The number of Topliss-reactive ketones (excluding diaryl/α,β-unsaturated/α-hetero) is 1. The van der Waals surface area contributed by atoms with E-state index in [1.807, 2.05) is 18.3 Å². The van der Waals surface area contributed by atoms with Gasteiger partial charge in [-0.05, 0) is 43.2 Å². The number of nitrogens with zero attached hydrogens (tertiary/aromatic N) is 1. The predicted octanol–water partition coefficient (Wildman–Crippen LogP) is 2.87. The molecule has 0 N–H and O–H groups in total. The molecule has 1 aromatic heterocycles. The normalized spacial score (nSPS) is 39.6. The number of rotatable bonds is 0. The summed E-state index contributed by atoms with van der Waals surface area (Å²) in [6.07, 6.45) is 8.92. The number of carbonyl (C=O) groups excluding carboxylic acids is 1. The Morgan fingerprint density at radius 1 is 1.19 bits per heavy atom. The van der Waals surface area contributed by atoms with Gasteiger partial charge in [0.25, 0.3) is 0 Å². The van der Waals surface area contributed by atoms with E-state index in [1.165, 1.54) is 32.1 Å². The molecule has 1 heterocycles. The fourth-order valence-corrected chi connectivity index (χ4v) is 4.51. The maximum atomic E-state index is 12.2. The van der Waals surface area contributed by atoms with Crippen LogP contribution in [0.1, 0.15) is 54.6 Å². The van der Waals surface area contributed by atoms with Gasteiger partial charge in [-0.3, -0.25) is 9.78 Å². The van der Waals surface area contributed by atoms with Crippen LogP contribution in [0.5, 0.6) is 0 Å². The highest BCUT2D eigenvalue weighted by Gasteiger charge is 2.66. The lowest BCUT2D eigenvalue weighted by Crippen LogP contribution is -2.55. The lowest BCUT2D eigenvalue weighted by molar-refractivity contribution is 0.00373. The van der Waals surface area contributed by atoms with Crippen molar-refractivity contribution < 1.29 is 4.79 Å². The first-order chi connectivity index (χ1) is 7.78. The van der Waals surface area contributed by atoms with Crippen LogP contribution >= 0.6 is 0 Å². The van der Waals surface area contributed by atoms with Crippen LogP contribution in [0, 0.1) is 5.41 Å². The molecule has 82 valence electrons. The molecule has 2 atom stereocenters. The van der Waals surface area contributed by atoms with Gasteiger partial charge in [0.2, 0.25) is 0 Å². The molecular formula is C14H15NO. The van der Waals surface area contributed by atoms with Crippen LogP contribution in [0.25, 0.3) is 0 Å². The van der Waals surface area contributed by atoms with Crippen molar-refractivity contribution in [2.24, 2.45) is 5.41 Å². The molecule has 0 spiro atoms. The lowest BCUT2D eigenvalue weighted by Gasteiger charge is -2.58. The van der Waals surface area contributed by atoms with Crippen LogP contribution in [0.2, 0.25) is 0 Å². The van der Waals surface area contributed by atoms with Crippen molar-refractivity contribution in [3.63, 3.8) is 0 Å². The summed E-state index contributed by atoms with van der Waals surface area (Å²) in [7, 11) is 0. The van der Waals surface area contributed by atoms with Crippen molar-refractivity contribution in [2.45, 2.75) is 43.9 Å². The topological polar surface area (TPSA) is 30.0 Å². The van der Waals surface area contributed by atoms with Crippen LogP contribution in [0.15, 0.2) is 18.3 Å². The number of hydrogen-bond donors (Lipinski definition) is 0. The van der Waals surface area contributed by atoms with Gasteiger partial charge in [-0.15, -0.1) is 0 Å². The molecule has 2 fully saturated rings. The quantitative estimate of drug-likeness (QED) is 0.663. The first-order valence-corrected chi connectivity index (χ1v) is 6.26. The Balaban J connectivity index is 2.01. The van der Waals surface area contributed by atoms with Gasteiger partial charge in [0.05, 0.1) is 5.69 Å². The number of ketones is 1. The van der Waals surface area contributed by atoms with Crippen molar-refractivity contribution in [2.75, 3.05) is 0 Å². The van der Waals surface area contributed by atoms with E-state index in [-0.39, 0.29) is 5.41 Å². The molecule has 3 aliphatic carbocycles. The molecule has 0 aliphatic heterocycles. The second kappa shape index (κ2) is 2.55. The van der Waals surface area contributed by atoms with Gasteiger partial charge < -0.3 is 0 Å². The fraction of sp³-hybridized carbons (Fsp3) is 0.571. The van der Waals surface area contributed by atoms with Crippen LogP contribution in [0.3, 0.4) is 0 Å². The molecular weight excluding hydrogens is 198 g/mol. The zero-order valence-corrected chi connectivity index (χ0v) is 9.33. The highest BCUT2D eigenvalue weighted by atomic mass is 16.1. The molecule has 2 saturated carbocycles. The molecule has 0 bridgehead atoms. The third kappa shape index (κ3) is 0.751. The van der Waals surface area contributed by atoms with E-state index in [2.05, 4.69) is 4.98 Å². The lowest BCUT2D eigenvalue weighted by atomic mass is 9.45. The number of hydrogen-bond acceptors (Lipinski definition) is 2. The van der Waals surface area contributed by atoms with Crippen LogP contribution in [-0.4, -0.2) is 10.8 Å². The van der Waals surface area contributed by atoms with Crippen molar-refractivity contribution in [3.8, 4) is 0 Å². The van der Waals surface area contributed by atoms with Gasteiger partial charge in [-0.1, -0.05) is 6.42 Å². The first-order valence-electron chi connectivity index (χ1n) is 6.26. The summed E-state index contributed by atoms with van der Waals surface area (Å²) in [6.45, 7) is 0. The molecule has 1 aromatic rings. The number of fused-ring (bicyclic) bond motifs is 1. The minimum atomic E-state index is 0.289. The highest BCUT2D eigenvalue weighted by molar-refractivity contribution is 5.99. The maximum absolute atomic E-state index is 12.2. The first kappa shape index (κ1) is 8.91. The zero-order valence-electron chi connectivity index (χ0n) is 9.33. The fourth-order valence-electron chi connectivity index (χ4n) is 4.51. The summed E-state index contributed by atoms with van der Waals surface area (Å²) < 4.78 is 0. The summed E-state index contributed by atoms with van der Waals surface area (Å²) >= 11 is 0. The molecule has 0 amide bonds. The Morgan fingerprint density at radius 2 is 2.12 bits per heavy atom. The highest BCUT2D eigenvalue weighted by Crippen LogP contribution is 2.70. The Kier molecular flexibility index (Phi) is 1.42. The number of pyridine rings is 1. The van der Waals surface area contributed by atoms with Gasteiger partial charge >= 0.3 is 0 Å². The van der Waals surface area contributed by atoms with Crippen molar-refractivity contribution in [1.82, 2.24) is 4.98 Å². The summed E-state index contributed by atoms with van der Waals surface area (Å²) in [4.78, 5) is 16.7. The van der Waals surface area contributed by atoms with E-state index in [9.17, 15) is 4.79 Å². The minimum absolute atomic E-state index is 0.289. The van der Waals surface area contributed by atoms with E-state index in [4.69, 9.17) is 0 Å². The molecule has 4 rings (SSSR count). The van der Waals surface area contributed by atoms with Crippen molar-refractivity contribution in [3.05, 3.63) is 29.6 Å². The average molecular weight is 213 g/mol.